The van der Waals surface area contributed by atoms with Crippen LogP contribution in [0.1, 0.15) is 63.2 Å². The van der Waals surface area contributed by atoms with Crippen molar-refractivity contribution in [2.45, 2.75) is 63.8 Å². The van der Waals surface area contributed by atoms with Crippen LogP contribution in [-0.4, -0.2) is 62.3 Å². The van der Waals surface area contributed by atoms with Gasteiger partial charge in [0, 0.05) is 37.8 Å². The van der Waals surface area contributed by atoms with Gasteiger partial charge in [0.25, 0.3) is 5.91 Å². The topological polar surface area (TPSA) is 69.7 Å². The van der Waals surface area contributed by atoms with Crippen LogP contribution in [0.25, 0.3) is 0 Å². The molecule has 3 rings (SSSR count). The molecule has 2 heterocycles. The van der Waals surface area contributed by atoms with E-state index < -0.39 is 10.0 Å². The van der Waals surface area contributed by atoms with E-state index in [1.54, 1.807) is 28.6 Å². The van der Waals surface area contributed by atoms with Crippen molar-refractivity contribution in [3.8, 4) is 0 Å². The summed E-state index contributed by atoms with van der Waals surface area (Å²) in [4.78, 5) is 15.2. The summed E-state index contributed by atoms with van der Waals surface area (Å²) in [7, 11) is -3.51. The van der Waals surface area contributed by atoms with Gasteiger partial charge in [-0.2, -0.15) is 4.31 Å². The van der Waals surface area contributed by atoms with E-state index in [1.165, 1.54) is 19.3 Å². The molecule has 0 unspecified atom stereocenters. The summed E-state index contributed by atoms with van der Waals surface area (Å²) in [5.74, 6) is 0.578. The standard InChI is InChI=1S/C23H37N3O3S/c1-18-15-19(2)17-26(16-18)30(28,29)22-10-8-21(9-11-22)23(27)24-12-6-14-25-13-5-4-7-20(25)3/h8-11,18-20H,4-7,12-17H2,1-3H3,(H,24,27)/t18-,19+,20-/m0/s1. The number of piperidine rings is 2. The Morgan fingerprint density at radius 1 is 1.07 bits per heavy atom. The SMILES string of the molecule is C[C@@H]1C[C@H](C)CN(S(=O)(=O)c2ccc(C(=O)NCCCN3CCCC[C@@H]3C)cc2)C1. The molecule has 0 radical (unpaired) electrons. The Balaban J connectivity index is 1.51. The van der Waals surface area contributed by atoms with Crippen molar-refractivity contribution >= 4 is 15.9 Å². The van der Waals surface area contributed by atoms with Crippen molar-refractivity contribution in [2.75, 3.05) is 32.7 Å². The smallest absolute Gasteiger partial charge is 0.251 e. The number of rotatable bonds is 7. The molecule has 1 aromatic rings. The highest BCUT2D eigenvalue weighted by molar-refractivity contribution is 7.89. The minimum Gasteiger partial charge on any atom is -0.352 e. The fraction of sp³-hybridized carbons (Fsp3) is 0.696. The van der Waals surface area contributed by atoms with Crippen LogP contribution in [0.5, 0.6) is 0 Å². The second-order valence-corrected chi connectivity index (χ2v) is 11.2. The maximum Gasteiger partial charge on any atom is 0.251 e. The third-order valence-electron chi connectivity index (χ3n) is 6.44. The Kier molecular flexibility index (Phi) is 7.93. The first-order chi connectivity index (χ1) is 14.3. The lowest BCUT2D eigenvalue weighted by Crippen LogP contribution is -2.42. The Labute approximate surface area is 182 Å². The Morgan fingerprint density at radius 2 is 1.73 bits per heavy atom. The first-order valence-electron chi connectivity index (χ1n) is 11.4. The van der Waals surface area contributed by atoms with Gasteiger partial charge in [0.1, 0.15) is 0 Å². The molecule has 2 saturated heterocycles. The average molecular weight is 436 g/mol. The lowest BCUT2D eigenvalue weighted by atomic mass is 9.94. The summed E-state index contributed by atoms with van der Waals surface area (Å²) in [6, 6.07) is 6.99. The molecular formula is C23H37N3O3S. The molecule has 1 amide bonds. The predicted octanol–water partition coefficient (Wildman–Crippen LogP) is 3.35. The number of nitrogens with one attached hydrogen (secondary N) is 1. The molecular weight excluding hydrogens is 398 g/mol. The van der Waals surface area contributed by atoms with Gasteiger partial charge in [-0.15, -0.1) is 0 Å². The fourth-order valence-corrected chi connectivity index (χ4v) is 6.48. The van der Waals surface area contributed by atoms with Crippen LogP contribution in [0.15, 0.2) is 29.2 Å². The Hall–Kier alpha value is -1.44. The number of carbonyl (C=O) groups is 1. The largest absolute Gasteiger partial charge is 0.352 e. The Morgan fingerprint density at radius 3 is 2.37 bits per heavy atom. The van der Waals surface area contributed by atoms with E-state index in [1.807, 2.05) is 0 Å². The minimum absolute atomic E-state index is 0.147. The van der Waals surface area contributed by atoms with Gasteiger partial charge in [0.2, 0.25) is 10.0 Å². The number of hydrogen-bond donors (Lipinski definition) is 1. The third kappa shape index (κ3) is 5.83. The minimum atomic E-state index is -3.51. The molecule has 0 bridgehead atoms. The zero-order valence-electron chi connectivity index (χ0n) is 18.6. The number of likely N-dealkylation sites (tertiary alicyclic amines) is 1. The van der Waals surface area contributed by atoms with Gasteiger partial charge in [-0.1, -0.05) is 20.3 Å². The molecule has 168 valence electrons. The molecule has 2 aliphatic heterocycles. The van der Waals surface area contributed by atoms with Crippen LogP contribution in [0.3, 0.4) is 0 Å². The van der Waals surface area contributed by atoms with E-state index in [2.05, 4.69) is 31.0 Å². The van der Waals surface area contributed by atoms with Crippen LogP contribution in [0, 0.1) is 11.8 Å². The summed E-state index contributed by atoms with van der Waals surface area (Å²) in [6.45, 7) is 10.4. The summed E-state index contributed by atoms with van der Waals surface area (Å²) < 4.78 is 27.5. The zero-order valence-corrected chi connectivity index (χ0v) is 19.5. The number of amides is 1. The highest BCUT2D eigenvalue weighted by atomic mass is 32.2. The van der Waals surface area contributed by atoms with Crippen molar-refractivity contribution in [1.29, 1.82) is 0 Å². The molecule has 0 spiro atoms. The van der Waals surface area contributed by atoms with Gasteiger partial charge >= 0.3 is 0 Å². The summed E-state index contributed by atoms with van der Waals surface area (Å²) in [6.07, 6.45) is 5.82. The van der Waals surface area contributed by atoms with Crippen molar-refractivity contribution in [3.63, 3.8) is 0 Å². The van der Waals surface area contributed by atoms with Crippen molar-refractivity contribution in [2.24, 2.45) is 11.8 Å². The van der Waals surface area contributed by atoms with E-state index in [4.69, 9.17) is 0 Å². The molecule has 6 nitrogen and oxygen atoms in total. The van der Waals surface area contributed by atoms with E-state index in [0.29, 0.717) is 43.1 Å². The van der Waals surface area contributed by atoms with Gasteiger partial charge in [-0.3, -0.25) is 4.79 Å². The first kappa shape index (κ1) is 23.2. The van der Waals surface area contributed by atoms with E-state index >= 15 is 0 Å². The molecule has 3 atom stereocenters. The number of benzene rings is 1. The normalized spacial score (nSPS) is 26.4. The van der Waals surface area contributed by atoms with Crippen LogP contribution in [0.4, 0.5) is 0 Å². The number of hydrogen-bond acceptors (Lipinski definition) is 4. The molecule has 2 fully saturated rings. The van der Waals surface area contributed by atoms with Gasteiger partial charge in [0.15, 0.2) is 0 Å². The van der Waals surface area contributed by atoms with E-state index in [9.17, 15) is 13.2 Å². The lowest BCUT2D eigenvalue weighted by Gasteiger charge is -2.34. The molecule has 0 aliphatic carbocycles. The highest BCUT2D eigenvalue weighted by Gasteiger charge is 2.31. The maximum absolute atomic E-state index is 13.0. The second kappa shape index (κ2) is 10.2. The summed E-state index contributed by atoms with van der Waals surface area (Å²) in [5.41, 5.74) is 0.501. The average Bonchev–Trinajstić information content (AvgIpc) is 2.71. The monoisotopic (exact) mass is 435 g/mol. The highest BCUT2D eigenvalue weighted by Crippen LogP contribution is 2.26. The van der Waals surface area contributed by atoms with E-state index in [-0.39, 0.29) is 10.8 Å². The predicted molar refractivity (Wildman–Crippen MR) is 120 cm³/mol. The molecule has 0 aromatic heterocycles. The van der Waals surface area contributed by atoms with Crippen molar-refractivity contribution in [1.82, 2.24) is 14.5 Å². The Bertz CT molecular complexity index is 799. The van der Waals surface area contributed by atoms with Crippen LogP contribution in [0.2, 0.25) is 0 Å². The van der Waals surface area contributed by atoms with Gasteiger partial charge in [-0.25, -0.2) is 8.42 Å². The molecule has 7 heteroatoms. The second-order valence-electron chi connectivity index (χ2n) is 9.28. The van der Waals surface area contributed by atoms with Crippen LogP contribution < -0.4 is 5.32 Å². The summed E-state index contributed by atoms with van der Waals surface area (Å²) >= 11 is 0. The maximum atomic E-state index is 13.0. The lowest BCUT2D eigenvalue weighted by molar-refractivity contribution is 0.0948. The molecule has 30 heavy (non-hydrogen) atoms. The van der Waals surface area contributed by atoms with Crippen LogP contribution >= 0.6 is 0 Å². The molecule has 1 aromatic carbocycles. The zero-order chi connectivity index (χ0) is 21.7. The van der Waals surface area contributed by atoms with Gasteiger partial charge in [-0.05, 0) is 75.3 Å². The quantitative estimate of drug-likeness (QED) is 0.667. The van der Waals surface area contributed by atoms with Gasteiger partial charge < -0.3 is 10.2 Å². The summed E-state index contributed by atoms with van der Waals surface area (Å²) in [5, 5.41) is 2.96. The van der Waals surface area contributed by atoms with E-state index in [0.717, 1.165) is 25.9 Å². The fourth-order valence-electron chi connectivity index (χ4n) is 4.81. The van der Waals surface area contributed by atoms with Gasteiger partial charge in [0.05, 0.1) is 4.90 Å². The van der Waals surface area contributed by atoms with Crippen molar-refractivity contribution in [3.05, 3.63) is 29.8 Å². The number of carbonyl (C=O) groups excluding carboxylic acids is 1. The third-order valence-corrected chi connectivity index (χ3v) is 8.28. The van der Waals surface area contributed by atoms with Crippen molar-refractivity contribution < 1.29 is 13.2 Å². The molecule has 1 N–H and O–H groups in total. The molecule has 0 saturated carbocycles. The number of sulfonamides is 1. The number of nitrogens with zero attached hydrogens (tertiary/aromatic N) is 2. The first-order valence-corrected chi connectivity index (χ1v) is 12.8. The van der Waals surface area contributed by atoms with Crippen LogP contribution in [-0.2, 0) is 10.0 Å². The molecule has 2 aliphatic rings.